The third-order valence-corrected chi connectivity index (χ3v) is 5.98. The maximum Gasteiger partial charge on any atom is 0.289 e. The van der Waals surface area contributed by atoms with Gasteiger partial charge in [-0.3, -0.25) is 4.79 Å². The molecule has 0 unspecified atom stereocenters. The molecule has 0 aromatic carbocycles. The Labute approximate surface area is 143 Å². The lowest BCUT2D eigenvalue weighted by Crippen LogP contribution is -2.58. The van der Waals surface area contributed by atoms with Crippen LogP contribution in [0.15, 0.2) is 22.8 Å². The SMILES string of the molecule is O=C(c1ccco1)N1CC[C@H]2OCCC[C@]2(COCC2CCC2)C1. The fourth-order valence-electron chi connectivity index (χ4n) is 4.32. The molecule has 1 saturated carbocycles. The lowest BCUT2D eigenvalue weighted by molar-refractivity contribution is -0.150. The molecule has 1 aromatic rings. The van der Waals surface area contributed by atoms with Gasteiger partial charge in [0.25, 0.3) is 5.91 Å². The number of fused-ring (bicyclic) bond motifs is 1. The summed E-state index contributed by atoms with van der Waals surface area (Å²) < 4.78 is 17.5. The van der Waals surface area contributed by atoms with Crippen LogP contribution in [-0.4, -0.2) is 49.8 Å². The highest BCUT2D eigenvalue weighted by atomic mass is 16.5. The zero-order valence-corrected chi connectivity index (χ0v) is 14.2. The lowest BCUT2D eigenvalue weighted by Gasteiger charge is -2.50. The summed E-state index contributed by atoms with van der Waals surface area (Å²) in [7, 11) is 0. The second kappa shape index (κ2) is 6.89. The van der Waals surface area contributed by atoms with Gasteiger partial charge in [-0.25, -0.2) is 0 Å². The first kappa shape index (κ1) is 16.2. The normalized spacial score (nSPS) is 30.7. The maximum absolute atomic E-state index is 12.7. The molecule has 0 N–H and O–H groups in total. The van der Waals surface area contributed by atoms with Crippen LogP contribution in [0.25, 0.3) is 0 Å². The standard InChI is InChI=1S/C19H27NO4/c21-18(16-6-2-10-23-16)20-9-7-17-19(13-20,8-3-11-24-17)14-22-12-15-4-1-5-15/h2,6,10,15,17H,1,3-5,7-9,11-14H2/t17-,19-/m1/s1. The minimum absolute atomic E-state index is 0.0117. The van der Waals surface area contributed by atoms with Crippen molar-refractivity contribution >= 4 is 5.91 Å². The molecule has 0 radical (unpaired) electrons. The lowest BCUT2D eigenvalue weighted by atomic mass is 9.73. The van der Waals surface area contributed by atoms with E-state index in [0.717, 1.165) is 44.9 Å². The van der Waals surface area contributed by atoms with E-state index >= 15 is 0 Å². The molecule has 1 aliphatic carbocycles. The van der Waals surface area contributed by atoms with Gasteiger partial charge in [-0.1, -0.05) is 6.42 Å². The number of carbonyl (C=O) groups excluding carboxylic acids is 1. The van der Waals surface area contributed by atoms with Crippen LogP contribution in [0.5, 0.6) is 0 Å². The van der Waals surface area contributed by atoms with Crippen LogP contribution in [0.4, 0.5) is 0 Å². The van der Waals surface area contributed by atoms with Crippen LogP contribution in [-0.2, 0) is 9.47 Å². The summed E-state index contributed by atoms with van der Waals surface area (Å²) >= 11 is 0. The first-order valence-electron chi connectivity index (χ1n) is 9.29. The summed E-state index contributed by atoms with van der Waals surface area (Å²) in [5, 5.41) is 0. The van der Waals surface area contributed by atoms with Gasteiger partial charge in [-0.15, -0.1) is 0 Å². The molecule has 1 aromatic heterocycles. The molecule has 3 fully saturated rings. The highest BCUT2D eigenvalue weighted by Crippen LogP contribution is 2.41. The summed E-state index contributed by atoms with van der Waals surface area (Å²) in [5.41, 5.74) is -0.0531. The van der Waals surface area contributed by atoms with Gasteiger partial charge in [0.05, 0.1) is 19.0 Å². The number of carbonyl (C=O) groups is 1. The number of rotatable bonds is 5. The third kappa shape index (κ3) is 3.11. The monoisotopic (exact) mass is 333 g/mol. The third-order valence-electron chi connectivity index (χ3n) is 5.98. The largest absolute Gasteiger partial charge is 0.459 e. The van der Waals surface area contributed by atoms with Crippen molar-refractivity contribution in [2.45, 2.75) is 44.6 Å². The number of hydrogen-bond donors (Lipinski definition) is 0. The molecule has 5 nitrogen and oxygen atoms in total. The molecule has 2 aliphatic heterocycles. The fourth-order valence-corrected chi connectivity index (χ4v) is 4.32. The Morgan fingerprint density at radius 2 is 2.25 bits per heavy atom. The van der Waals surface area contributed by atoms with E-state index in [-0.39, 0.29) is 17.4 Å². The van der Waals surface area contributed by atoms with Crippen molar-refractivity contribution in [2.24, 2.45) is 11.3 Å². The summed E-state index contributed by atoms with van der Waals surface area (Å²) in [6, 6.07) is 3.51. The molecule has 4 rings (SSSR count). The van der Waals surface area contributed by atoms with E-state index in [9.17, 15) is 4.79 Å². The van der Waals surface area contributed by atoms with E-state index in [1.54, 1.807) is 18.4 Å². The minimum Gasteiger partial charge on any atom is -0.459 e. The van der Waals surface area contributed by atoms with Crippen molar-refractivity contribution in [1.29, 1.82) is 0 Å². The average Bonchev–Trinajstić information content (AvgIpc) is 3.10. The molecule has 132 valence electrons. The Kier molecular flexibility index (Phi) is 4.63. The Bertz CT molecular complexity index is 554. The average molecular weight is 333 g/mol. The first-order chi connectivity index (χ1) is 11.8. The Morgan fingerprint density at radius 3 is 3.00 bits per heavy atom. The molecular formula is C19H27NO4. The van der Waals surface area contributed by atoms with E-state index in [2.05, 4.69) is 0 Å². The molecule has 2 saturated heterocycles. The van der Waals surface area contributed by atoms with E-state index in [4.69, 9.17) is 13.9 Å². The van der Waals surface area contributed by atoms with Gasteiger partial charge in [-0.05, 0) is 50.2 Å². The van der Waals surface area contributed by atoms with E-state index < -0.39 is 0 Å². The number of ether oxygens (including phenoxy) is 2. The fraction of sp³-hybridized carbons (Fsp3) is 0.737. The quantitative estimate of drug-likeness (QED) is 0.831. The Morgan fingerprint density at radius 1 is 1.33 bits per heavy atom. The predicted molar refractivity (Wildman–Crippen MR) is 88.8 cm³/mol. The molecule has 24 heavy (non-hydrogen) atoms. The number of furan rings is 1. The van der Waals surface area contributed by atoms with Crippen LogP contribution in [0.1, 0.15) is 49.1 Å². The highest BCUT2D eigenvalue weighted by Gasteiger charge is 2.47. The van der Waals surface area contributed by atoms with Gasteiger partial charge in [0, 0.05) is 31.7 Å². The van der Waals surface area contributed by atoms with Crippen molar-refractivity contribution in [3.8, 4) is 0 Å². The van der Waals surface area contributed by atoms with Crippen LogP contribution < -0.4 is 0 Å². The molecule has 0 spiro atoms. The second-order valence-electron chi connectivity index (χ2n) is 7.63. The summed E-state index contributed by atoms with van der Waals surface area (Å²) in [6.07, 6.45) is 8.73. The molecular weight excluding hydrogens is 306 g/mol. The van der Waals surface area contributed by atoms with Gasteiger partial charge in [0.1, 0.15) is 0 Å². The van der Waals surface area contributed by atoms with Crippen molar-refractivity contribution in [3.63, 3.8) is 0 Å². The van der Waals surface area contributed by atoms with Gasteiger partial charge < -0.3 is 18.8 Å². The molecule has 1 amide bonds. The van der Waals surface area contributed by atoms with Gasteiger partial charge in [0.15, 0.2) is 5.76 Å². The second-order valence-corrected chi connectivity index (χ2v) is 7.63. The van der Waals surface area contributed by atoms with Crippen molar-refractivity contribution < 1.29 is 18.7 Å². The summed E-state index contributed by atoms with van der Waals surface area (Å²) in [4.78, 5) is 14.6. The first-order valence-corrected chi connectivity index (χ1v) is 9.29. The number of likely N-dealkylation sites (tertiary alicyclic amines) is 1. The van der Waals surface area contributed by atoms with Crippen LogP contribution >= 0.6 is 0 Å². The minimum atomic E-state index is -0.0531. The topological polar surface area (TPSA) is 51.9 Å². The molecule has 3 heterocycles. The highest BCUT2D eigenvalue weighted by molar-refractivity contribution is 5.91. The van der Waals surface area contributed by atoms with E-state index in [0.29, 0.717) is 18.9 Å². The summed E-state index contributed by atoms with van der Waals surface area (Å²) in [5.74, 6) is 1.16. The van der Waals surface area contributed by atoms with E-state index in [1.165, 1.54) is 19.3 Å². The Hall–Kier alpha value is -1.33. The smallest absolute Gasteiger partial charge is 0.289 e. The van der Waals surface area contributed by atoms with Gasteiger partial charge in [-0.2, -0.15) is 0 Å². The zero-order valence-electron chi connectivity index (χ0n) is 14.2. The van der Waals surface area contributed by atoms with Crippen molar-refractivity contribution in [3.05, 3.63) is 24.2 Å². The predicted octanol–water partition coefficient (Wildman–Crippen LogP) is 3.11. The van der Waals surface area contributed by atoms with E-state index in [1.807, 2.05) is 4.90 Å². The van der Waals surface area contributed by atoms with Crippen molar-refractivity contribution in [2.75, 3.05) is 32.9 Å². The maximum atomic E-state index is 12.7. The number of nitrogens with zero attached hydrogens (tertiary/aromatic N) is 1. The van der Waals surface area contributed by atoms with Crippen LogP contribution in [0.3, 0.4) is 0 Å². The van der Waals surface area contributed by atoms with Crippen molar-refractivity contribution in [1.82, 2.24) is 4.90 Å². The molecule has 3 aliphatic rings. The molecule has 0 bridgehead atoms. The van der Waals surface area contributed by atoms with Crippen LogP contribution in [0.2, 0.25) is 0 Å². The molecule has 5 heteroatoms. The summed E-state index contributed by atoms with van der Waals surface area (Å²) in [6.45, 7) is 3.84. The van der Waals surface area contributed by atoms with Gasteiger partial charge in [0.2, 0.25) is 0 Å². The van der Waals surface area contributed by atoms with Gasteiger partial charge >= 0.3 is 0 Å². The number of amides is 1. The Balaban J connectivity index is 1.43. The number of hydrogen-bond acceptors (Lipinski definition) is 4. The number of piperidine rings is 1. The zero-order chi connectivity index (χ0) is 16.4. The molecule has 2 atom stereocenters. The van der Waals surface area contributed by atoms with Crippen LogP contribution in [0, 0.1) is 11.3 Å².